The Morgan fingerprint density at radius 1 is 1.38 bits per heavy atom. The number of hydrogen-bond acceptors (Lipinski definition) is 2. The fourth-order valence-electron chi connectivity index (χ4n) is 1.42. The van der Waals surface area contributed by atoms with Crippen molar-refractivity contribution in [3.8, 4) is 0 Å². The number of Topliss-reactive ketones (excluding diaryl/α,β-unsaturated/α-hetero) is 1. The molecule has 0 unspecified atom stereocenters. The van der Waals surface area contributed by atoms with Gasteiger partial charge in [0, 0.05) is 11.1 Å². The van der Waals surface area contributed by atoms with Crippen LogP contribution in [0.25, 0.3) is 0 Å². The first-order chi connectivity index (χ1) is 6.29. The van der Waals surface area contributed by atoms with E-state index in [-0.39, 0.29) is 5.78 Å². The molecule has 0 fully saturated rings. The second-order valence-corrected chi connectivity index (χ2v) is 3.01. The zero-order valence-corrected chi connectivity index (χ0v) is 7.41. The van der Waals surface area contributed by atoms with Gasteiger partial charge in [0.2, 0.25) is 0 Å². The summed E-state index contributed by atoms with van der Waals surface area (Å²) in [5.41, 5.74) is 1.70. The number of carbonyl (C=O) groups is 1. The van der Waals surface area contributed by atoms with Gasteiger partial charge in [0.1, 0.15) is 12.4 Å². The monoisotopic (exact) mass is 174 g/mol. The first kappa shape index (κ1) is 8.05. The molecule has 0 aromatic rings. The van der Waals surface area contributed by atoms with Gasteiger partial charge in [0.05, 0.1) is 0 Å². The Morgan fingerprint density at radius 2 is 2.23 bits per heavy atom. The summed E-state index contributed by atoms with van der Waals surface area (Å²) in [6.07, 6.45) is 9.53. The Kier molecular flexibility index (Phi) is 1.89. The molecule has 0 spiro atoms. The number of fused-ring (bicyclic) bond motifs is 1. The minimum atomic E-state index is 0.0879. The lowest BCUT2D eigenvalue weighted by Crippen LogP contribution is -1.99. The number of ether oxygens (including phenoxy) is 1. The standard InChI is InChI=1S/C11H10O2/c1-8(12)10-7-13-11-6-4-2-3-5-9(10)11/h2-6H,7H2,1H3. The van der Waals surface area contributed by atoms with E-state index in [0.717, 1.165) is 16.9 Å². The van der Waals surface area contributed by atoms with Crippen molar-refractivity contribution >= 4 is 5.78 Å². The predicted molar refractivity (Wildman–Crippen MR) is 50.0 cm³/mol. The largest absolute Gasteiger partial charge is 0.488 e. The molecule has 0 amide bonds. The van der Waals surface area contributed by atoms with E-state index in [4.69, 9.17) is 4.74 Å². The minimum Gasteiger partial charge on any atom is -0.488 e. The predicted octanol–water partition coefficient (Wildman–Crippen LogP) is 1.91. The molecule has 0 atom stereocenters. The maximum Gasteiger partial charge on any atom is 0.159 e. The van der Waals surface area contributed by atoms with Crippen molar-refractivity contribution in [2.45, 2.75) is 6.92 Å². The SMILES string of the molecule is CC(=O)C1=C2C=CC=CC=C2OC1. The Morgan fingerprint density at radius 3 is 3.00 bits per heavy atom. The zero-order chi connectivity index (χ0) is 9.26. The normalized spacial score (nSPS) is 19.3. The molecule has 1 aliphatic heterocycles. The molecule has 0 radical (unpaired) electrons. The van der Waals surface area contributed by atoms with Crippen LogP contribution in [0.3, 0.4) is 0 Å². The topological polar surface area (TPSA) is 26.3 Å². The van der Waals surface area contributed by atoms with Crippen LogP contribution in [0.5, 0.6) is 0 Å². The molecule has 2 rings (SSSR count). The van der Waals surface area contributed by atoms with Crippen molar-refractivity contribution in [3.63, 3.8) is 0 Å². The number of carbonyl (C=O) groups excluding carboxylic acids is 1. The molecule has 66 valence electrons. The lowest BCUT2D eigenvalue weighted by atomic mass is 10.1. The van der Waals surface area contributed by atoms with Gasteiger partial charge >= 0.3 is 0 Å². The van der Waals surface area contributed by atoms with Gasteiger partial charge in [-0.15, -0.1) is 0 Å². The molecule has 0 saturated carbocycles. The summed E-state index contributed by atoms with van der Waals surface area (Å²) in [6, 6.07) is 0. The molecule has 2 aliphatic rings. The first-order valence-corrected chi connectivity index (χ1v) is 4.21. The summed E-state index contributed by atoms with van der Waals surface area (Å²) < 4.78 is 5.37. The summed E-state index contributed by atoms with van der Waals surface area (Å²) in [5, 5.41) is 0. The average molecular weight is 174 g/mol. The molecule has 0 bridgehead atoms. The molecular formula is C11H10O2. The summed E-state index contributed by atoms with van der Waals surface area (Å²) in [6.45, 7) is 1.98. The quantitative estimate of drug-likeness (QED) is 0.607. The van der Waals surface area contributed by atoms with E-state index in [9.17, 15) is 4.79 Å². The smallest absolute Gasteiger partial charge is 0.159 e. The van der Waals surface area contributed by atoms with Crippen LogP contribution in [0.2, 0.25) is 0 Å². The highest BCUT2D eigenvalue weighted by Crippen LogP contribution is 2.27. The summed E-state index contributed by atoms with van der Waals surface area (Å²) in [4.78, 5) is 11.2. The van der Waals surface area contributed by atoms with Crippen molar-refractivity contribution in [3.05, 3.63) is 47.3 Å². The van der Waals surface area contributed by atoms with Gasteiger partial charge in [-0.3, -0.25) is 4.79 Å². The van der Waals surface area contributed by atoms with E-state index in [1.54, 1.807) is 6.92 Å². The molecule has 2 nitrogen and oxygen atoms in total. The van der Waals surface area contributed by atoms with Crippen molar-refractivity contribution in [1.82, 2.24) is 0 Å². The minimum absolute atomic E-state index is 0.0879. The van der Waals surface area contributed by atoms with Gasteiger partial charge in [0.15, 0.2) is 5.78 Å². The van der Waals surface area contributed by atoms with Crippen LogP contribution in [0.15, 0.2) is 47.3 Å². The highest BCUT2D eigenvalue weighted by Gasteiger charge is 2.21. The van der Waals surface area contributed by atoms with E-state index < -0.39 is 0 Å². The molecule has 0 aromatic heterocycles. The lowest BCUT2D eigenvalue weighted by Gasteiger charge is -1.96. The molecular weight excluding hydrogens is 164 g/mol. The van der Waals surface area contributed by atoms with Gasteiger partial charge in [-0.25, -0.2) is 0 Å². The van der Waals surface area contributed by atoms with E-state index >= 15 is 0 Å². The van der Waals surface area contributed by atoms with Crippen molar-refractivity contribution in [2.75, 3.05) is 6.61 Å². The Labute approximate surface area is 76.9 Å². The van der Waals surface area contributed by atoms with Crippen LogP contribution in [0, 0.1) is 0 Å². The van der Waals surface area contributed by atoms with Gasteiger partial charge in [-0.05, 0) is 13.0 Å². The molecule has 13 heavy (non-hydrogen) atoms. The van der Waals surface area contributed by atoms with Crippen molar-refractivity contribution in [2.24, 2.45) is 0 Å². The van der Waals surface area contributed by atoms with Crippen LogP contribution in [-0.4, -0.2) is 12.4 Å². The summed E-state index contributed by atoms with van der Waals surface area (Å²) in [7, 11) is 0. The van der Waals surface area contributed by atoms with Crippen molar-refractivity contribution < 1.29 is 9.53 Å². The molecule has 0 aromatic carbocycles. The molecule has 0 saturated heterocycles. The van der Waals surface area contributed by atoms with E-state index in [1.165, 1.54) is 0 Å². The van der Waals surface area contributed by atoms with Crippen LogP contribution in [0.1, 0.15) is 6.92 Å². The Hall–Kier alpha value is -1.57. The van der Waals surface area contributed by atoms with Crippen LogP contribution >= 0.6 is 0 Å². The molecule has 2 heteroatoms. The van der Waals surface area contributed by atoms with E-state index in [1.807, 2.05) is 30.4 Å². The second kappa shape index (κ2) is 3.05. The molecule has 1 heterocycles. The maximum absolute atomic E-state index is 11.2. The van der Waals surface area contributed by atoms with Gasteiger partial charge in [0.25, 0.3) is 0 Å². The van der Waals surface area contributed by atoms with Crippen LogP contribution in [-0.2, 0) is 9.53 Å². The highest BCUT2D eigenvalue weighted by atomic mass is 16.5. The maximum atomic E-state index is 11.2. The number of rotatable bonds is 1. The highest BCUT2D eigenvalue weighted by molar-refractivity contribution is 5.96. The van der Waals surface area contributed by atoms with Gasteiger partial charge in [-0.1, -0.05) is 24.3 Å². The summed E-state index contributed by atoms with van der Waals surface area (Å²) >= 11 is 0. The molecule has 0 N–H and O–H groups in total. The van der Waals surface area contributed by atoms with Crippen LogP contribution < -0.4 is 0 Å². The fourth-order valence-corrected chi connectivity index (χ4v) is 1.42. The third-order valence-electron chi connectivity index (χ3n) is 2.12. The number of hydrogen-bond donors (Lipinski definition) is 0. The van der Waals surface area contributed by atoms with E-state index in [0.29, 0.717) is 6.61 Å². The van der Waals surface area contributed by atoms with Crippen molar-refractivity contribution in [1.29, 1.82) is 0 Å². The van der Waals surface area contributed by atoms with Crippen LogP contribution in [0.4, 0.5) is 0 Å². The fraction of sp³-hybridized carbons (Fsp3) is 0.182. The Bertz CT molecular complexity index is 368. The first-order valence-electron chi connectivity index (χ1n) is 4.21. The van der Waals surface area contributed by atoms with Gasteiger partial charge in [-0.2, -0.15) is 0 Å². The third kappa shape index (κ3) is 1.35. The third-order valence-corrected chi connectivity index (χ3v) is 2.12. The summed E-state index contributed by atoms with van der Waals surface area (Å²) in [5.74, 6) is 0.889. The second-order valence-electron chi connectivity index (χ2n) is 3.01. The Balaban J connectivity index is 2.49. The van der Waals surface area contributed by atoms with E-state index in [2.05, 4.69) is 0 Å². The number of allylic oxidation sites excluding steroid dienone is 5. The lowest BCUT2D eigenvalue weighted by molar-refractivity contribution is -0.113. The average Bonchev–Trinajstić information content (AvgIpc) is 2.36. The molecule has 1 aliphatic carbocycles. The van der Waals surface area contributed by atoms with Gasteiger partial charge < -0.3 is 4.74 Å². The zero-order valence-electron chi connectivity index (χ0n) is 7.41. The number of ketones is 1.